The molecule has 1 aliphatic carbocycles. The fourth-order valence-electron chi connectivity index (χ4n) is 4.38. The fourth-order valence-corrected chi connectivity index (χ4v) is 5.42. The van der Waals surface area contributed by atoms with Crippen molar-refractivity contribution in [2.24, 2.45) is 0 Å². The molecule has 0 aromatic heterocycles. The van der Waals surface area contributed by atoms with Crippen molar-refractivity contribution in [2.75, 3.05) is 31.3 Å². The third-order valence-corrected chi connectivity index (χ3v) is 8.01. The number of nitrogens with zero attached hydrogens (tertiary/aromatic N) is 2. The number of benzene rings is 2. The number of carbonyl (C=O) groups is 2. The van der Waals surface area contributed by atoms with Gasteiger partial charge < -0.3 is 19.7 Å². The highest BCUT2D eigenvalue weighted by Gasteiger charge is 2.32. The van der Waals surface area contributed by atoms with Crippen LogP contribution in [-0.2, 0) is 26.2 Å². The Morgan fingerprint density at radius 1 is 1.08 bits per heavy atom. The van der Waals surface area contributed by atoms with Gasteiger partial charge in [-0.15, -0.1) is 0 Å². The fraction of sp³-hybridized carbons (Fsp3) is 0.462. The van der Waals surface area contributed by atoms with Gasteiger partial charge in [0.15, 0.2) is 11.5 Å². The molecule has 0 unspecified atom stereocenters. The smallest absolute Gasteiger partial charge is 0.244 e. The third kappa shape index (κ3) is 7.29. The number of ether oxygens (including phenoxy) is 2. The first-order valence-corrected chi connectivity index (χ1v) is 14.3. The minimum Gasteiger partial charge on any atom is -0.493 e. The normalized spacial score (nSPS) is 14.6. The van der Waals surface area contributed by atoms with Crippen molar-refractivity contribution in [1.82, 2.24) is 10.2 Å². The Labute approximate surface area is 223 Å². The summed E-state index contributed by atoms with van der Waals surface area (Å²) >= 11 is 6.36. The lowest BCUT2D eigenvalue weighted by atomic mass is 10.1. The molecule has 9 nitrogen and oxygen atoms in total. The van der Waals surface area contributed by atoms with E-state index in [9.17, 15) is 18.0 Å². The summed E-state index contributed by atoms with van der Waals surface area (Å²) in [6.45, 7) is 1.17. The van der Waals surface area contributed by atoms with Crippen molar-refractivity contribution < 1.29 is 27.5 Å². The molecule has 1 atom stereocenters. The van der Waals surface area contributed by atoms with Crippen molar-refractivity contribution in [1.29, 1.82) is 0 Å². The summed E-state index contributed by atoms with van der Waals surface area (Å²) in [4.78, 5) is 28.2. The molecular weight excluding hydrogens is 518 g/mol. The first kappa shape index (κ1) is 28.6. The van der Waals surface area contributed by atoms with Gasteiger partial charge in [-0.05, 0) is 43.5 Å². The number of hydrogen-bond acceptors (Lipinski definition) is 6. The van der Waals surface area contributed by atoms with Crippen molar-refractivity contribution >= 4 is 39.1 Å². The lowest BCUT2D eigenvalue weighted by molar-refractivity contribution is -0.139. The van der Waals surface area contributed by atoms with Crippen LogP contribution in [0.25, 0.3) is 0 Å². The highest BCUT2D eigenvalue weighted by molar-refractivity contribution is 7.92. The van der Waals surface area contributed by atoms with E-state index in [0.29, 0.717) is 22.1 Å². The second kappa shape index (κ2) is 12.5. The molecule has 11 heteroatoms. The summed E-state index contributed by atoms with van der Waals surface area (Å²) in [5.74, 6) is -0.0968. The average molecular weight is 552 g/mol. The second-order valence-electron chi connectivity index (χ2n) is 9.09. The van der Waals surface area contributed by atoms with Crippen LogP contribution in [0, 0.1) is 0 Å². The summed E-state index contributed by atoms with van der Waals surface area (Å²) in [6.07, 6.45) is 4.92. The van der Waals surface area contributed by atoms with E-state index in [1.807, 2.05) is 0 Å². The Morgan fingerprint density at radius 2 is 1.73 bits per heavy atom. The number of halogens is 1. The molecule has 1 aliphatic rings. The van der Waals surface area contributed by atoms with Gasteiger partial charge in [-0.2, -0.15) is 0 Å². The number of nitrogens with one attached hydrogen (secondary N) is 1. The number of methoxy groups -OCH3 is 2. The first-order valence-electron chi connectivity index (χ1n) is 12.1. The molecular formula is C26H34ClN3O6S. The van der Waals surface area contributed by atoms with E-state index < -0.39 is 28.5 Å². The lowest BCUT2D eigenvalue weighted by Gasteiger charge is -2.32. The summed E-state index contributed by atoms with van der Waals surface area (Å²) in [7, 11) is -0.964. The molecule has 37 heavy (non-hydrogen) atoms. The van der Waals surface area contributed by atoms with Crippen molar-refractivity contribution in [3.63, 3.8) is 0 Å². The van der Waals surface area contributed by atoms with Crippen LogP contribution >= 0.6 is 11.6 Å². The van der Waals surface area contributed by atoms with Gasteiger partial charge in [0, 0.05) is 23.7 Å². The lowest BCUT2D eigenvalue weighted by Crippen LogP contribution is -2.52. The van der Waals surface area contributed by atoms with E-state index in [-0.39, 0.29) is 24.2 Å². The third-order valence-electron chi connectivity index (χ3n) is 6.50. The van der Waals surface area contributed by atoms with Gasteiger partial charge in [-0.25, -0.2) is 8.42 Å². The van der Waals surface area contributed by atoms with Crippen molar-refractivity contribution in [2.45, 2.75) is 51.2 Å². The molecule has 2 aromatic carbocycles. The van der Waals surface area contributed by atoms with Crippen LogP contribution in [0.5, 0.6) is 11.5 Å². The molecule has 2 amide bonds. The summed E-state index contributed by atoms with van der Waals surface area (Å²) in [5.41, 5.74) is 0.879. The highest BCUT2D eigenvalue weighted by Crippen LogP contribution is 2.32. The highest BCUT2D eigenvalue weighted by atomic mass is 35.5. The van der Waals surface area contributed by atoms with Gasteiger partial charge in [0.2, 0.25) is 21.8 Å². The van der Waals surface area contributed by atoms with Crippen LogP contribution in [0.1, 0.15) is 38.2 Å². The zero-order valence-electron chi connectivity index (χ0n) is 21.6. The largest absolute Gasteiger partial charge is 0.493 e. The number of amides is 2. The molecule has 0 spiro atoms. The monoisotopic (exact) mass is 551 g/mol. The van der Waals surface area contributed by atoms with Gasteiger partial charge in [0.1, 0.15) is 12.6 Å². The van der Waals surface area contributed by atoms with E-state index in [1.54, 1.807) is 37.3 Å². The molecule has 0 radical (unpaired) electrons. The van der Waals surface area contributed by atoms with Crippen LogP contribution in [0.2, 0.25) is 5.02 Å². The van der Waals surface area contributed by atoms with E-state index in [2.05, 4.69) is 5.32 Å². The quantitative estimate of drug-likeness (QED) is 0.457. The molecule has 1 fully saturated rings. The average Bonchev–Trinajstić information content (AvgIpc) is 3.38. The number of hydrogen-bond donors (Lipinski definition) is 1. The first-order chi connectivity index (χ1) is 17.5. The number of sulfonamides is 1. The van der Waals surface area contributed by atoms with Crippen LogP contribution in [0.3, 0.4) is 0 Å². The molecule has 0 bridgehead atoms. The molecule has 1 saturated carbocycles. The predicted octanol–water partition coefficient (Wildman–Crippen LogP) is 3.60. The van der Waals surface area contributed by atoms with E-state index in [1.165, 1.54) is 31.3 Å². The molecule has 3 rings (SSSR count). The second-order valence-corrected chi connectivity index (χ2v) is 11.4. The van der Waals surface area contributed by atoms with Crippen molar-refractivity contribution in [3.05, 3.63) is 53.1 Å². The van der Waals surface area contributed by atoms with Crippen molar-refractivity contribution in [3.8, 4) is 11.5 Å². The molecule has 0 saturated heterocycles. The van der Waals surface area contributed by atoms with E-state index >= 15 is 0 Å². The molecule has 0 aliphatic heterocycles. The van der Waals surface area contributed by atoms with Gasteiger partial charge in [0.05, 0.1) is 26.2 Å². The summed E-state index contributed by atoms with van der Waals surface area (Å²) in [6, 6.07) is 10.9. The summed E-state index contributed by atoms with van der Waals surface area (Å²) < 4.78 is 37.1. The number of rotatable bonds is 11. The maximum atomic E-state index is 13.7. The van der Waals surface area contributed by atoms with E-state index in [0.717, 1.165) is 36.2 Å². The van der Waals surface area contributed by atoms with Crippen LogP contribution in [0.4, 0.5) is 5.69 Å². The van der Waals surface area contributed by atoms with E-state index in [4.69, 9.17) is 21.1 Å². The maximum Gasteiger partial charge on any atom is 0.244 e. The Kier molecular flexibility index (Phi) is 9.67. The Morgan fingerprint density at radius 3 is 2.32 bits per heavy atom. The Balaban J connectivity index is 1.92. The maximum absolute atomic E-state index is 13.7. The van der Waals surface area contributed by atoms with Gasteiger partial charge in [0.25, 0.3) is 0 Å². The topological polar surface area (TPSA) is 105 Å². The number of carbonyl (C=O) groups excluding carboxylic acids is 2. The molecule has 2 aromatic rings. The van der Waals surface area contributed by atoms with Crippen LogP contribution < -0.4 is 19.1 Å². The zero-order valence-corrected chi connectivity index (χ0v) is 23.1. The SMILES string of the molecule is COc1ccc(N(CC(=O)N(Cc2ccccc2Cl)[C@H](C)C(=O)NC2CCCC2)S(C)(=O)=O)cc1OC. The minimum absolute atomic E-state index is 0.0430. The zero-order chi connectivity index (χ0) is 27.2. The summed E-state index contributed by atoms with van der Waals surface area (Å²) in [5, 5.41) is 3.48. The Bertz CT molecular complexity index is 1220. The molecule has 202 valence electrons. The molecule has 1 N–H and O–H groups in total. The van der Waals surface area contributed by atoms with Crippen LogP contribution in [0.15, 0.2) is 42.5 Å². The van der Waals surface area contributed by atoms with Crippen LogP contribution in [-0.4, -0.2) is 64.2 Å². The predicted molar refractivity (Wildman–Crippen MR) is 144 cm³/mol. The van der Waals surface area contributed by atoms with Gasteiger partial charge in [-0.1, -0.05) is 42.6 Å². The van der Waals surface area contributed by atoms with Gasteiger partial charge in [-0.3, -0.25) is 13.9 Å². The Hall–Kier alpha value is -2.98. The van der Waals surface area contributed by atoms with Gasteiger partial charge >= 0.3 is 0 Å². The standard InChI is InChI=1S/C26H34ClN3O6S/c1-18(26(32)28-20-10-6-7-11-20)29(16-19-9-5-8-12-22(19)27)25(31)17-30(37(4,33)34)21-13-14-23(35-2)24(15-21)36-3/h5,8-9,12-15,18,20H,6-7,10-11,16-17H2,1-4H3,(H,28,32)/t18-/m1/s1. The minimum atomic E-state index is -3.87. The number of anilines is 1. The molecule has 0 heterocycles.